The van der Waals surface area contributed by atoms with Crippen molar-refractivity contribution in [1.82, 2.24) is 0 Å². The van der Waals surface area contributed by atoms with Crippen LogP contribution in [0.25, 0.3) is 0 Å². The highest BCUT2D eigenvalue weighted by molar-refractivity contribution is 7.89. The highest BCUT2D eigenvalue weighted by Gasteiger charge is 2.14. The van der Waals surface area contributed by atoms with Gasteiger partial charge in [-0.1, -0.05) is 0 Å². The molecule has 6 nitrogen and oxygen atoms in total. The molecule has 0 unspecified atom stereocenters. The number of carboxylic acids is 1. The molecule has 0 aliphatic carbocycles. The van der Waals surface area contributed by atoms with Crippen molar-refractivity contribution in [2.45, 2.75) is 44.4 Å². The van der Waals surface area contributed by atoms with E-state index in [9.17, 15) is 13.2 Å². The fraction of sp³-hybridized carbons (Fsp3) is 0.500. The fourth-order valence-corrected chi connectivity index (χ4v) is 2.81. The van der Waals surface area contributed by atoms with E-state index < -0.39 is 16.0 Å². The van der Waals surface area contributed by atoms with Gasteiger partial charge in [-0.15, -0.1) is 0 Å². The van der Waals surface area contributed by atoms with E-state index in [0.29, 0.717) is 29.9 Å². The van der Waals surface area contributed by atoms with Gasteiger partial charge in [-0.2, -0.15) is 0 Å². The van der Waals surface area contributed by atoms with Gasteiger partial charge < -0.3 is 9.84 Å². The standard InChI is InChI=1S/C14H21NO5S/c1-10-9-13(21(15,18)19)11(2)8-12(10)20-7-5-3-4-6-14(16)17/h8-9H,3-7H2,1-2H3,(H,16,17)(H2,15,18,19). The minimum absolute atomic E-state index is 0.105. The van der Waals surface area contributed by atoms with Crippen LogP contribution in [0.15, 0.2) is 17.0 Å². The summed E-state index contributed by atoms with van der Waals surface area (Å²) in [6, 6.07) is 3.16. The largest absolute Gasteiger partial charge is 0.493 e. The van der Waals surface area contributed by atoms with Gasteiger partial charge in [0.15, 0.2) is 0 Å². The molecule has 0 aromatic heterocycles. The first-order chi connectivity index (χ1) is 9.71. The monoisotopic (exact) mass is 315 g/mol. The van der Waals surface area contributed by atoms with Crippen LogP contribution in [0.4, 0.5) is 0 Å². The van der Waals surface area contributed by atoms with Crippen molar-refractivity contribution in [3.63, 3.8) is 0 Å². The van der Waals surface area contributed by atoms with Crippen molar-refractivity contribution >= 4 is 16.0 Å². The van der Waals surface area contributed by atoms with Crippen molar-refractivity contribution in [2.24, 2.45) is 5.14 Å². The molecule has 0 saturated heterocycles. The molecule has 21 heavy (non-hydrogen) atoms. The van der Waals surface area contributed by atoms with Crippen LogP contribution in [-0.4, -0.2) is 26.1 Å². The van der Waals surface area contributed by atoms with Crippen LogP contribution in [0.1, 0.15) is 36.8 Å². The number of ether oxygens (including phenoxy) is 1. The summed E-state index contributed by atoms with van der Waals surface area (Å²) < 4.78 is 28.4. The third-order valence-corrected chi connectivity index (χ3v) is 4.12. The Morgan fingerprint density at radius 2 is 1.86 bits per heavy atom. The van der Waals surface area contributed by atoms with E-state index in [2.05, 4.69) is 0 Å². The number of benzene rings is 1. The van der Waals surface area contributed by atoms with Crippen LogP contribution in [0.3, 0.4) is 0 Å². The predicted molar refractivity (Wildman–Crippen MR) is 78.9 cm³/mol. The highest BCUT2D eigenvalue weighted by atomic mass is 32.2. The average Bonchev–Trinajstić information content (AvgIpc) is 2.35. The number of rotatable bonds is 8. The summed E-state index contributed by atoms with van der Waals surface area (Å²) in [7, 11) is -3.72. The zero-order valence-electron chi connectivity index (χ0n) is 12.3. The fourth-order valence-electron chi connectivity index (χ4n) is 1.96. The number of carbonyl (C=O) groups is 1. The lowest BCUT2D eigenvalue weighted by atomic mass is 10.1. The maximum Gasteiger partial charge on any atom is 0.303 e. The van der Waals surface area contributed by atoms with E-state index in [0.717, 1.165) is 12.8 Å². The maximum absolute atomic E-state index is 11.4. The number of hydrogen-bond acceptors (Lipinski definition) is 4. The molecule has 0 saturated carbocycles. The van der Waals surface area contributed by atoms with Crippen molar-refractivity contribution in [1.29, 1.82) is 0 Å². The van der Waals surface area contributed by atoms with Crippen LogP contribution in [0.5, 0.6) is 5.75 Å². The highest BCUT2D eigenvalue weighted by Crippen LogP contribution is 2.25. The van der Waals surface area contributed by atoms with Gasteiger partial charge in [-0.3, -0.25) is 4.79 Å². The Hall–Kier alpha value is -1.60. The molecular formula is C14H21NO5S. The molecule has 0 atom stereocenters. The van der Waals surface area contributed by atoms with E-state index >= 15 is 0 Å². The second kappa shape index (κ2) is 7.42. The Morgan fingerprint density at radius 1 is 1.19 bits per heavy atom. The number of unbranched alkanes of at least 4 members (excludes halogenated alkanes) is 2. The van der Waals surface area contributed by atoms with Gasteiger partial charge in [0.2, 0.25) is 10.0 Å². The molecule has 0 aliphatic heterocycles. The second-order valence-electron chi connectivity index (χ2n) is 4.98. The molecule has 3 N–H and O–H groups in total. The minimum Gasteiger partial charge on any atom is -0.493 e. The lowest BCUT2D eigenvalue weighted by Gasteiger charge is -2.12. The molecule has 1 aromatic carbocycles. The number of nitrogens with two attached hydrogens (primary N) is 1. The summed E-state index contributed by atoms with van der Waals surface area (Å²) in [4.78, 5) is 10.5. The predicted octanol–water partition coefficient (Wildman–Crippen LogP) is 1.97. The van der Waals surface area contributed by atoms with Crippen molar-refractivity contribution in [3.8, 4) is 5.75 Å². The Balaban J connectivity index is 2.57. The van der Waals surface area contributed by atoms with E-state index in [-0.39, 0.29) is 11.3 Å². The molecule has 0 fully saturated rings. The molecule has 0 aliphatic rings. The van der Waals surface area contributed by atoms with Crippen molar-refractivity contribution in [3.05, 3.63) is 23.3 Å². The van der Waals surface area contributed by atoms with Gasteiger partial charge in [0.25, 0.3) is 0 Å². The second-order valence-corrected chi connectivity index (χ2v) is 6.51. The normalized spacial score (nSPS) is 11.4. The molecule has 7 heteroatoms. The molecule has 0 bridgehead atoms. The molecule has 118 valence electrons. The molecule has 0 heterocycles. The third-order valence-electron chi connectivity index (χ3n) is 3.07. The van der Waals surface area contributed by atoms with Crippen LogP contribution < -0.4 is 9.88 Å². The van der Waals surface area contributed by atoms with Gasteiger partial charge in [0.1, 0.15) is 5.75 Å². The summed E-state index contributed by atoms with van der Waals surface area (Å²) in [6.45, 7) is 3.89. The molecule has 1 aromatic rings. The quantitative estimate of drug-likeness (QED) is 0.713. The van der Waals surface area contributed by atoms with Crippen LogP contribution in [0.2, 0.25) is 0 Å². The molecule has 0 radical (unpaired) electrons. The number of hydrogen-bond donors (Lipinski definition) is 2. The van der Waals surface area contributed by atoms with Crippen molar-refractivity contribution < 1.29 is 23.1 Å². The van der Waals surface area contributed by atoms with Gasteiger partial charge in [0.05, 0.1) is 11.5 Å². The van der Waals surface area contributed by atoms with Gasteiger partial charge in [-0.25, -0.2) is 13.6 Å². The van der Waals surface area contributed by atoms with Gasteiger partial charge in [0, 0.05) is 6.42 Å². The van der Waals surface area contributed by atoms with Gasteiger partial charge in [-0.05, 0) is 56.4 Å². The maximum atomic E-state index is 11.4. The summed E-state index contributed by atoms with van der Waals surface area (Å²) in [5.74, 6) is -0.167. The average molecular weight is 315 g/mol. The third kappa shape index (κ3) is 5.73. The summed E-state index contributed by atoms with van der Waals surface area (Å²) >= 11 is 0. The lowest BCUT2D eigenvalue weighted by Crippen LogP contribution is -2.14. The van der Waals surface area contributed by atoms with E-state index in [1.54, 1.807) is 19.9 Å². The van der Waals surface area contributed by atoms with Crippen LogP contribution in [-0.2, 0) is 14.8 Å². The molecular weight excluding hydrogens is 294 g/mol. The smallest absolute Gasteiger partial charge is 0.303 e. The Kier molecular flexibility index (Phi) is 6.17. The topological polar surface area (TPSA) is 107 Å². The first-order valence-corrected chi connectivity index (χ1v) is 8.25. The Labute approximate surface area is 125 Å². The van der Waals surface area contributed by atoms with Crippen molar-refractivity contribution in [2.75, 3.05) is 6.61 Å². The first-order valence-electron chi connectivity index (χ1n) is 6.70. The van der Waals surface area contributed by atoms with Crippen LogP contribution >= 0.6 is 0 Å². The number of aryl methyl sites for hydroxylation is 2. The van der Waals surface area contributed by atoms with Crippen LogP contribution in [0, 0.1) is 13.8 Å². The number of primary sulfonamides is 1. The Morgan fingerprint density at radius 3 is 2.43 bits per heavy atom. The molecule has 0 amide bonds. The molecule has 0 spiro atoms. The lowest BCUT2D eigenvalue weighted by molar-refractivity contribution is -0.137. The zero-order valence-corrected chi connectivity index (χ0v) is 13.1. The van der Waals surface area contributed by atoms with E-state index in [4.69, 9.17) is 15.0 Å². The van der Waals surface area contributed by atoms with E-state index in [1.165, 1.54) is 6.07 Å². The number of sulfonamides is 1. The van der Waals surface area contributed by atoms with Gasteiger partial charge >= 0.3 is 5.97 Å². The number of carboxylic acid groups (broad SMARTS) is 1. The summed E-state index contributed by atoms with van der Waals surface area (Å²) in [5, 5.41) is 13.7. The summed E-state index contributed by atoms with van der Waals surface area (Å²) in [6.07, 6.45) is 2.32. The SMILES string of the molecule is Cc1cc(S(N)(=O)=O)c(C)cc1OCCCCCC(=O)O. The molecule has 1 rings (SSSR count). The minimum atomic E-state index is -3.72. The zero-order chi connectivity index (χ0) is 16.0. The summed E-state index contributed by atoms with van der Waals surface area (Å²) in [5.41, 5.74) is 1.25. The Bertz CT molecular complexity index is 610. The number of aliphatic carboxylic acids is 1. The van der Waals surface area contributed by atoms with E-state index in [1.807, 2.05) is 0 Å². The first kappa shape index (κ1) is 17.5.